The van der Waals surface area contributed by atoms with Gasteiger partial charge in [-0.1, -0.05) is 44.2 Å². The number of rotatable bonds is 9. The van der Waals surface area contributed by atoms with Gasteiger partial charge in [0, 0.05) is 13.1 Å². The number of hydrogen-bond donors (Lipinski definition) is 1. The molecular weight excluding hydrogens is 371 g/mol. The predicted octanol–water partition coefficient (Wildman–Crippen LogP) is 3.88. The quantitative estimate of drug-likeness (QED) is 0.695. The number of likely N-dealkylation sites (N-methyl/N-ethyl adjacent to an activating group) is 1. The first-order chi connectivity index (χ1) is 13.8. The third-order valence-electron chi connectivity index (χ3n) is 4.68. The van der Waals surface area contributed by atoms with Crippen molar-refractivity contribution < 1.29 is 18.7 Å². The highest BCUT2D eigenvalue weighted by molar-refractivity contribution is 5.87. The maximum Gasteiger partial charge on any atom is 0.261 e. The van der Waals surface area contributed by atoms with Gasteiger partial charge in [0.05, 0.1) is 0 Å². The lowest BCUT2D eigenvalue weighted by atomic mass is 10.0. The minimum atomic E-state index is -0.684. The van der Waals surface area contributed by atoms with Crippen LogP contribution >= 0.6 is 0 Å². The largest absolute Gasteiger partial charge is 0.483 e. The van der Waals surface area contributed by atoms with Crippen LogP contribution < -0.4 is 10.1 Å². The molecule has 0 spiro atoms. The monoisotopic (exact) mass is 400 g/mol. The molecular formula is C23H29FN2O3. The molecule has 0 radical (unpaired) electrons. The van der Waals surface area contributed by atoms with Crippen LogP contribution in [0.25, 0.3) is 0 Å². The molecule has 0 aliphatic rings. The number of amides is 2. The van der Waals surface area contributed by atoms with Crippen molar-refractivity contribution in [3.63, 3.8) is 0 Å². The zero-order valence-electron chi connectivity index (χ0n) is 17.4. The van der Waals surface area contributed by atoms with Gasteiger partial charge in [0.25, 0.3) is 5.91 Å². The molecule has 6 heteroatoms. The molecule has 0 bridgehead atoms. The van der Waals surface area contributed by atoms with Gasteiger partial charge in [0.15, 0.2) is 6.61 Å². The number of para-hydroxylation sites is 1. The van der Waals surface area contributed by atoms with Crippen molar-refractivity contribution >= 4 is 11.8 Å². The molecule has 0 saturated carbocycles. The highest BCUT2D eigenvalue weighted by Crippen LogP contribution is 2.26. The summed E-state index contributed by atoms with van der Waals surface area (Å²) in [7, 11) is 0. The molecule has 0 aromatic heterocycles. The smallest absolute Gasteiger partial charge is 0.261 e. The van der Waals surface area contributed by atoms with Crippen LogP contribution in [0.1, 0.15) is 44.7 Å². The second-order valence-electron chi connectivity index (χ2n) is 7.20. The Bertz CT molecular complexity index is 821. The summed E-state index contributed by atoms with van der Waals surface area (Å²) in [5.74, 6) is 0.00308. The highest BCUT2D eigenvalue weighted by Gasteiger charge is 2.26. The van der Waals surface area contributed by atoms with Crippen molar-refractivity contribution in [1.82, 2.24) is 10.2 Å². The van der Waals surface area contributed by atoms with Crippen molar-refractivity contribution in [2.75, 3.05) is 13.2 Å². The summed E-state index contributed by atoms with van der Waals surface area (Å²) < 4.78 is 19.0. The van der Waals surface area contributed by atoms with E-state index in [1.165, 1.54) is 17.0 Å². The molecule has 2 aromatic carbocycles. The number of benzene rings is 2. The number of hydrogen-bond acceptors (Lipinski definition) is 3. The average Bonchev–Trinajstić information content (AvgIpc) is 2.71. The van der Waals surface area contributed by atoms with Gasteiger partial charge in [-0.2, -0.15) is 0 Å². The molecule has 0 saturated heterocycles. The van der Waals surface area contributed by atoms with Gasteiger partial charge >= 0.3 is 0 Å². The van der Waals surface area contributed by atoms with E-state index in [1.54, 1.807) is 19.1 Å². The summed E-state index contributed by atoms with van der Waals surface area (Å²) in [6.07, 6.45) is 0. The molecule has 0 heterocycles. The van der Waals surface area contributed by atoms with Crippen molar-refractivity contribution in [1.29, 1.82) is 0 Å². The average molecular weight is 400 g/mol. The summed E-state index contributed by atoms with van der Waals surface area (Å²) in [6, 6.07) is 12.8. The van der Waals surface area contributed by atoms with E-state index < -0.39 is 6.04 Å². The van der Waals surface area contributed by atoms with Gasteiger partial charge in [0.1, 0.15) is 17.6 Å². The minimum Gasteiger partial charge on any atom is -0.483 e. The molecule has 0 fully saturated rings. The van der Waals surface area contributed by atoms with Crippen LogP contribution in [-0.2, 0) is 16.1 Å². The number of halogens is 1. The minimum absolute atomic E-state index is 0.186. The fourth-order valence-corrected chi connectivity index (χ4v) is 3.00. The zero-order valence-corrected chi connectivity index (χ0v) is 17.4. The lowest BCUT2D eigenvalue weighted by Gasteiger charge is -2.29. The molecule has 2 aromatic rings. The van der Waals surface area contributed by atoms with E-state index >= 15 is 0 Å². The summed E-state index contributed by atoms with van der Waals surface area (Å²) in [6.45, 7) is 8.09. The maximum atomic E-state index is 13.2. The Kier molecular flexibility index (Phi) is 8.19. The molecule has 156 valence electrons. The van der Waals surface area contributed by atoms with E-state index in [-0.39, 0.29) is 36.7 Å². The van der Waals surface area contributed by atoms with Crippen molar-refractivity contribution in [2.45, 2.75) is 46.2 Å². The Morgan fingerprint density at radius 1 is 1.07 bits per heavy atom. The Hall–Kier alpha value is -2.89. The first kappa shape index (κ1) is 22.4. The van der Waals surface area contributed by atoms with Crippen molar-refractivity contribution in [3.05, 3.63) is 65.5 Å². The molecule has 1 atom stereocenters. The summed E-state index contributed by atoms with van der Waals surface area (Å²) >= 11 is 0. The van der Waals surface area contributed by atoms with E-state index in [0.29, 0.717) is 12.3 Å². The first-order valence-corrected chi connectivity index (χ1v) is 9.86. The van der Waals surface area contributed by atoms with Crippen molar-refractivity contribution in [3.8, 4) is 5.75 Å². The van der Waals surface area contributed by atoms with Crippen LogP contribution in [0.2, 0.25) is 0 Å². The molecule has 0 aliphatic heterocycles. The molecule has 29 heavy (non-hydrogen) atoms. The standard InChI is InChI=1S/C23H29FN2O3/c1-5-25-23(28)17(4)26(14-18-10-12-19(24)13-11-18)22(27)15-29-21-9-7-6-8-20(21)16(2)3/h6-13,16-17H,5,14-15H2,1-4H3,(H,25,28). The third-order valence-corrected chi connectivity index (χ3v) is 4.68. The van der Waals surface area contributed by atoms with Gasteiger partial charge in [0.2, 0.25) is 5.91 Å². The first-order valence-electron chi connectivity index (χ1n) is 9.86. The van der Waals surface area contributed by atoms with Crippen LogP contribution in [0.4, 0.5) is 4.39 Å². The lowest BCUT2D eigenvalue weighted by molar-refractivity contribution is -0.142. The third kappa shape index (κ3) is 6.31. The van der Waals surface area contributed by atoms with Gasteiger partial charge in [-0.05, 0) is 49.1 Å². The van der Waals surface area contributed by atoms with E-state index in [4.69, 9.17) is 4.74 Å². The van der Waals surface area contributed by atoms with Crippen LogP contribution in [0.15, 0.2) is 48.5 Å². The number of nitrogens with zero attached hydrogens (tertiary/aromatic N) is 1. The Morgan fingerprint density at radius 2 is 1.72 bits per heavy atom. The fraction of sp³-hybridized carbons (Fsp3) is 0.391. The van der Waals surface area contributed by atoms with Crippen LogP contribution in [0.3, 0.4) is 0 Å². The predicted molar refractivity (Wildman–Crippen MR) is 111 cm³/mol. The zero-order chi connectivity index (χ0) is 21.4. The summed E-state index contributed by atoms with van der Waals surface area (Å²) in [5, 5.41) is 2.74. The second kappa shape index (κ2) is 10.6. The number of ether oxygens (including phenoxy) is 1. The van der Waals surface area contributed by atoms with E-state index in [0.717, 1.165) is 11.1 Å². The van der Waals surface area contributed by atoms with Crippen LogP contribution in [-0.4, -0.2) is 35.9 Å². The fourth-order valence-electron chi connectivity index (χ4n) is 3.00. The van der Waals surface area contributed by atoms with Gasteiger partial charge in [-0.15, -0.1) is 0 Å². The van der Waals surface area contributed by atoms with Crippen LogP contribution in [0.5, 0.6) is 5.75 Å². The number of carbonyl (C=O) groups excluding carboxylic acids is 2. The number of nitrogens with one attached hydrogen (secondary N) is 1. The summed E-state index contributed by atoms with van der Waals surface area (Å²) in [4.78, 5) is 26.8. The van der Waals surface area contributed by atoms with Gasteiger partial charge < -0.3 is 15.0 Å². The Morgan fingerprint density at radius 3 is 2.34 bits per heavy atom. The summed E-state index contributed by atoms with van der Waals surface area (Å²) in [5.41, 5.74) is 1.75. The van der Waals surface area contributed by atoms with Gasteiger partial charge in [-0.3, -0.25) is 9.59 Å². The number of carbonyl (C=O) groups is 2. The second-order valence-corrected chi connectivity index (χ2v) is 7.20. The molecule has 1 N–H and O–H groups in total. The molecule has 2 amide bonds. The topological polar surface area (TPSA) is 58.6 Å². The van der Waals surface area contributed by atoms with E-state index in [2.05, 4.69) is 19.2 Å². The van der Waals surface area contributed by atoms with E-state index in [1.807, 2.05) is 31.2 Å². The lowest BCUT2D eigenvalue weighted by Crippen LogP contribution is -2.49. The van der Waals surface area contributed by atoms with Crippen LogP contribution in [0, 0.1) is 5.82 Å². The van der Waals surface area contributed by atoms with E-state index in [9.17, 15) is 14.0 Å². The highest BCUT2D eigenvalue weighted by atomic mass is 19.1. The molecule has 1 unspecified atom stereocenters. The van der Waals surface area contributed by atoms with Crippen molar-refractivity contribution in [2.24, 2.45) is 0 Å². The molecule has 5 nitrogen and oxygen atoms in total. The molecule has 2 rings (SSSR count). The Labute approximate surface area is 171 Å². The van der Waals surface area contributed by atoms with Gasteiger partial charge in [-0.25, -0.2) is 4.39 Å². The Balaban J connectivity index is 2.17. The SMILES string of the molecule is CCNC(=O)C(C)N(Cc1ccc(F)cc1)C(=O)COc1ccccc1C(C)C. The molecule has 0 aliphatic carbocycles. The normalized spacial score (nSPS) is 11.8. The maximum absolute atomic E-state index is 13.2.